The summed E-state index contributed by atoms with van der Waals surface area (Å²) in [7, 11) is 0. The fourth-order valence-electron chi connectivity index (χ4n) is 3.74. The number of nitrogens with one attached hydrogen (secondary N) is 1. The summed E-state index contributed by atoms with van der Waals surface area (Å²) in [5.74, 6) is 2.16. The Hall–Kier alpha value is -2.89. The minimum absolute atomic E-state index is 0.0102. The van der Waals surface area contributed by atoms with Crippen LogP contribution in [-0.4, -0.2) is 31.3 Å². The zero-order chi connectivity index (χ0) is 18.4. The molecule has 0 saturated heterocycles. The molecule has 3 heterocycles. The molecule has 0 unspecified atom stereocenters. The monoisotopic (exact) mass is 361 g/mol. The van der Waals surface area contributed by atoms with Crippen LogP contribution < -0.4 is 5.32 Å². The Kier molecular flexibility index (Phi) is 3.85. The van der Waals surface area contributed by atoms with Crippen molar-refractivity contribution in [2.24, 2.45) is 0 Å². The van der Waals surface area contributed by atoms with Gasteiger partial charge in [0.1, 0.15) is 5.82 Å². The Morgan fingerprint density at radius 1 is 1.22 bits per heavy atom. The lowest BCUT2D eigenvalue weighted by Gasteiger charge is -2.15. The lowest BCUT2D eigenvalue weighted by molar-refractivity contribution is 0.0951. The highest BCUT2D eigenvalue weighted by atomic mass is 16.1. The summed E-state index contributed by atoms with van der Waals surface area (Å²) in [6.45, 7) is 3.06. The second kappa shape index (κ2) is 6.37. The van der Waals surface area contributed by atoms with Gasteiger partial charge < -0.3 is 9.88 Å². The molecule has 1 fully saturated rings. The molecule has 2 aliphatic rings. The molecule has 6 nitrogen and oxygen atoms in total. The molecule has 1 aliphatic carbocycles. The van der Waals surface area contributed by atoms with Crippen molar-refractivity contribution in [3.05, 3.63) is 53.7 Å². The van der Waals surface area contributed by atoms with Gasteiger partial charge in [-0.1, -0.05) is 6.07 Å². The van der Waals surface area contributed by atoms with Gasteiger partial charge in [-0.2, -0.15) is 5.10 Å². The van der Waals surface area contributed by atoms with Gasteiger partial charge >= 0.3 is 0 Å². The number of imidazole rings is 1. The van der Waals surface area contributed by atoms with Crippen molar-refractivity contribution in [3.8, 4) is 16.9 Å². The average molecular weight is 361 g/mol. The molecular formula is C21H23N5O. The van der Waals surface area contributed by atoms with Crippen molar-refractivity contribution in [1.82, 2.24) is 24.6 Å². The Morgan fingerprint density at radius 3 is 2.96 bits per heavy atom. The van der Waals surface area contributed by atoms with Crippen molar-refractivity contribution in [3.63, 3.8) is 0 Å². The fraction of sp³-hybridized carbons (Fsp3) is 0.381. The molecule has 5 rings (SSSR count). The first-order valence-electron chi connectivity index (χ1n) is 9.70. The number of rotatable bonds is 4. The van der Waals surface area contributed by atoms with Crippen molar-refractivity contribution < 1.29 is 4.79 Å². The number of aromatic nitrogens is 4. The molecule has 1 amide bonds. The third kappa shape index (κ3) is 3.05. The third-order valence-electron chi connectivity index (χ3n) is 5.49. The second-order valence-corrected chi connectivity index (χ2v) is 7.59. The van der Waals surface area contributed by atoms with Crippen LogP contribution in [0.4, 0.5) is 0 Å². The normalized spacial score (nSPS) is 16.2. The largest absolute Gasteiger partial charge is 0.349 e. The zero-order valence-electron chi connectivity index (χ0n) is 15.5. The van der Waals surface area contributed by atoms with Crippen LogP contribution in [0.5, 0.6) is 0 Å². The van der Waals surface area contributed by atoms with Gasteiger partial charge in [0.05, 0.1) is 12.4 Å². The predicted molar refractivity (Wildman–Crippen MR) is 103 cm³/mol. The SMILES string of the molecule is Cc1ccc(C(=O)NC2CC2)cc1-c1cnn(-c2cnc3n2CCCC3)c1. The van der Waals surface area contributed by atoms with Crippen molar-refractivity contribution in [2.45, 2.75) is 51.6 Å². The maximum atomic E-state index is 12.4. The topological polar surface area (TPSA) is 64.7 Å². The fourth-order valence-corrected chi connectivity index (χ4v) is 3.74. The summed E-state index contributed by atoms with van der Waals surface area (Å²) in [6.07, 6.45) is 11.4. The maximum absolute atomic E-state index is 12.4. The number of hydrogen-bond donors (Lipinski definition) is 1. The van der Waals surface area contributed by atoms with Crippen LogP contribution >= 0.6 is 0 Å². The first-order valence-corrected chi connectivity index (χ1v) is 9.70. The van der Waals surface area contributed by atoms with E-state index in [9.17, 15) is 4.79 Å². The lowest BCUT2D eigenvalue weighted by Crippen LogP contribution is -2.25. The number of carbonyl (C=O) groups is 1. The van der Waals surface area contributed by atoms with Crippen LogP contribution in [0.1, 0.15) is 47.4 Å². The molecule has 1 aromatic carbocycles. The molecule has 6 heteroatoms. The lowest BCUT2D eigenvalue weighted by atomic mass is 10.0. The van der Waals surface area contributed by atoms with E-state index in [0.29, 0.717) is 11.6 Å². The number of carbonyl (C=O) groups excluding carboxylic acids is 1. The van der Waals surface area contributed by atoms with Gasteiger partial charge in [0.15, 0.2) is 5.82 Å². The molecule has 0 bridgehead atoms. The van der Waals surface area contributed by atoms with E-state index in [4.69, 9.17) is 0 Å². The Morgan fingerprint density at radius 2 is 2.11 bits per heavy atom. The molecule has 1 saturated carbocycles. The smallest absolute Gasteiger partial charge is 0.251 e. The number of nitrogens with zero attached hydrogens (tertiary/aromatic N) is 4. The molecule has 2 aromatic heterocycles. The Balaban J connectivity index is 1.47. The number of fused-ring (bicyclic) bond motifs is 1. The van der Waals surface area contributed by atoms with E-state index in [1.54, 1.807) is 0 Å². The van der Waals surface area contributed by atoms with E-state index < -0.39 is 0 Å². The van der Waals surface area contributed by atoms with E-state index >= 15 is 0 Å². The Labute approximate surface area is 158 Å². The summed E-state index contributed by atoms with van der Waals surface area (Å²) in [6, 6.07) is 6.24. The van der Waals surface area contributed by atoms with Crippen LogP contribution in [0.3, 0.4) is 0 Å². The van der Waals surface area contributed by atoms with Crippen molar-refractivity contribution in [2.75, 3.05) is 0 Å². The minimum atomic E-state index is 0.0102. The molecule has 0 atom stereocenters. The zero-order valence-corrected chi connectivity index (χ0v) is 15.5. The molecule has 1 N–H and O–H groups in total. The minimum Gasteiger partial charge on any atom is -0.349 e. The highest BCUT2D eigenvalue weighted by molar-refractivity contribution is 5.96. The standard InChI is InChI=1S/C21H23N5O/c1-14-5-6-15(21(27)24-17-7-8-17)10-18(14)16-11-23-26(13-16)20-12-22-19-4-2-3-9-25(19)20/h5-6,10-13,17H,2-4,7-9H2,1H3,(H,24,27). The molecule has 1 aliphatic heterocycles. The highest BCUT2D eigenvalue weighted by Gasteiger charge is 2.24. The predicted octanol–water partition coefficient (Wildman–Crippen LogP) is 3.27. The van der Waals surface area contributed by atoms with E-state index in [0.717, 1.165) is 54.1 Å². The van der Waals surface area contributed by atoms with Crippen LogP contribution in [-0.2, 0) is 13.0 Å². The van der Waals surface area contributed by atoms with E-state index in [1.165, 1.54) is 12.8 Å². The van der Waals surface area contributed by atoms with E-state index in [-0.39, 0.29) is 5.91 Å². The van der Waals surface area contributed by atoms with Gasteiger partial charge in [-0.3, -0.25) is 4.79 Å². The summed E-state index contributed by atoms with van der Waals surface area (Å²) in [5, 5.41) is 7.63. The molecular weight excluding hydrogens is 338 g/mol. The summed E-state index contributed by atoms with van der Waals surface area (Å²) >= 11 is 0. The van der Waals surface area contributed by atoms with Gasteiger partial charge in [0.25, 0.3) is 5.91 Å². The van der Waals surface area contributed by atoms with Gasteiger partial charge in [-0.15, -0.1) is 0 Å². The van der Waals surface area contributed by atoms with Gasteiger partial charge in [0, 0.05) is 36.3 Å². The van der Waals surface area contributed by atoms with Gasteiger partial charge in [0.2, 0.25) is 0 Å². The summed E-state index contributed by atoms with van der Waals surface area (Å²) in [4.78, 5) is 17.0. The number of benzene rings is 1. The first kappa shape index (κ1) is 16.3. The quantitative estimate of drug-likeness (QED) is 0.776. The first-order chi connectivity index (χ1) is 13.2. The number of hydrogen-bond acceptors (Lipinski definition) is 3. The highest BCUT2D eigenvalue weighted by Crippen LogP contribution is 2.27. The van der Waals surface area contributed by atoms with Crippen LogP contribution in [0.15, 0.2) is 36.8 Å². The average Bonchev–Trinajstić information content (AvgIpc) is 3.19. The van der Waals surface area contributed by atoms with Crippen LogP contribution in [0.2, 0.25) is 0 Å². The molecule has 0 radical (unpaired) electrons. The summed E-state index contributed by atoms with van der Waals surface area (Å²) < 4.78 is 4.15. The molecule has 3 aromatic rings. The third-order valence-corrected chi connectivity index (χ3v) is 5.49. The van der Waals surface area contributed by atoms with E-state index in [1.807, 2.05) is 41.5 Å². The Bertz CT molecular complexity index is 1010. The van der Waals surface area contributed by atoms with E-state index in [2.05, 4.69) is 26.9 Å². The number of amides is 1. The van der Waals surface area contributed by atoms with Crippen molar-refractivity contribution >= 4 is 5.91 Å². The molecule has 138 valence electrons. The van der Waals surface area contributed by atoms with Gasteiger partial charge in [-0.05, 0) is 55.9 Å². The number of aryl methyl sites for hydroxylation is 2. The van der Waals surface area contributed by atoms with Crippen molar-refractivity contribution in [1.29, 1.82) is 0 Å². The van der Waals surface area contributed by atoms with Gasteiger partial charge in [-0.25, -0.2) is 9.67 Å². The summed E-state index contributed by atoms with van der Waals surface area (Å²) in [5.41, 5.74) is 3.90. The van der Waals surface area contributed by atoms with Crippen LogP contribution in [0, 0.1) is 6.92 Å². The molecule has 0 spiro atoms. The van der Waals surface area contributed by atoms with Crippen LogP contribution in [0.25, 0.3) is 16.9 Å². The molecule has 27 heavy (non-hydrogen) atoms. The second-order valence-electron chi connectivity index (χ2n) is 7.59. The maximum Gasteiger partial charge on any atom is 0.251 e.